The Labute approximate surface area is 151 Å². The second-order valence-electron chi connectivity index (χ2n) is 6.30. The van der Waals surface area contributed by atoms with Crippen molar-refractivity contribution in [1.29, 1.82) is 0 Å². The Morgan fingerprint density at radius 2 is 2.00 bits per heavy atom. The molecule has 27 heavy (non-hydrogen) atoms. The molecule has 0 aliphatic carbocycles. The number of fused-ring (bicyclic) bond motifs is 1. The van der Waals surface area contributed by atoms with Crippen molar-refractivity contribution in [2.24, 2.45) is 0 Å². The van der Waals surface area contributed by atoms with Crippen LogP contribution in [0.1, 0.15) is 22.7 Å². The van der Waals surface area contributed by atoms with Crippen LogP contribution in [0.25, 0.3) is 11.4 Å². The molecule has 4 rings (SSSR count). The minimum atomic E-state index is -4.40. The minimum Gasteiger partial charge on any atom is -0.448 e. The summed E-state index contributed by atoms with van der Waals surface area (Å²) < 4.78 is 43.3. The molecule has 1 aliphatic rings. The Hall–Kier alpha value is -2.94. The van der Waals surface area contributed by atoms with Crippen LogP contribution in [0.2, 0.25) is 0 Å². The molecular formula is C18H15F3N4O2. The number of benzene rings is 1. The molecule has 3 heterocycles. The van der Waals surface area contributed by atoms with E-state index in [1.54, 1.807) is 6.20 Å². The number of hydrogen-bond acceptors (Lipinski definition) is 5. The molecule has 9 heteroatoms. The summed E-state index contributed by atoms with van der Waals surface area (Å²) >= 11 is 0. The van der Waals surface area contributed by atoms with Gasteiger partial charge in [0.25, 0.3) is 5.56 Å². The number of rotatable bonds is 3. The Bertz CT molecular complexity index is 995. The molecule has 0 atom stereocenters. The average Bonchev–Trinajstić information content (AvgIpc) is 3.14. The van der Waals surface area contributed by atoms with Gasteiger partial charge in [0, 0.05) is 25.1 Å². The van der Waals surface area contributed by atoms with Gasteiger partial charge in [-0.1, -0.05) is 12.1 Å². The van der Waals surface area contributed by atoms with Gasteiger partial charge in [-0.15, -0.1) is 0 Å². The third-order valence-corrected chi connectivity index (χ3v) is 4.48. The van der Waals surface area contributed by atoms with Gasteiger partial charge >= 0.3 is 6.18 Å². The maximum Gasteiger partial charge on any atom is 0.416 e. The Morgan fingerprint density at radius 3 is 2.67 bits per heavy atom. The highest BCUT2D eigenvalue weighted by Crippen LogP contribution is 2.30. The van der Waals surface area contributed by atoms with Gasteiger partial charge in [0.2, 0.25) is 5.89 Å². The van der Waals surface area contributed by atoms with Crippen molar-refractivity contribution in [1.82, 2.24) is 19.9 Å². The molecule has 0 radical (unpaired) electrons. The smallest absolute Gasteiger partial charge is 0.416 e. The molecule has 140 valence electrons. The highest BCUT2D eigenvalue weighted by atomic mass is 19.4. The molecule has 0 saturated heterocycles. The molecule has 1 aliphatic heterocycles. The van der Waals surface area contributed by atoms with Gasteiger partial charge in [-0.2, -0.15) is 13.2 Å². The van der Waals surface area contributed by atoms with Crippen molar-refractivity contribution in [3.63, 3.8) is 0 Å². The minimum absolute atomic E-state index is 0.272. The molecule has 0 fully saturated rings. The molecule has 1 aromatic carbocycles. The number of aromatic nitrogens is 3. The van der Waals surface area contributed by atoms with Crippen molar-refractivity contribution < 1.29 is 17.6 Å². The second kappa shape index (κ2) is 6.66. The second-order valence-corrected chi connectivity index (χ2v) is 6.30. The Balaban J connectivity index is 1.58. The van der Waals surface area contributed by atoms with Gasteiger partial charge in [-0.05, 0) is 12.1 Å². The number of oxazole rings is 1. The Morgan fingerprint density at radius 1 is 1.22 bits per heavy atom. The van der Waals surface area contributed by atoms with E-state index in [2.05, 4.69) is 15.0 Å². The van der Waals surface area contributed by atoms with E-state index in [0.29, 0.717) is 48.8 Å². The first-order valence-electron chi connectivity index (χ1n) is 8.30. The summed E-state index contributed by atoms with van der Waals surface area (Å²) in [5, 5.41) is 0. The molecule has 0 unspecified atom stereocenters. The fourth-order valence-corrected chi connectivity index (χ4v) is 3.09. The summed E-state index contributed by atoms with van der Waals surface area (Å²) in [5.41, 5.74) is 0.631. The van der Waals surface area contributed by atoms with E-state index in [9.17, 15) is 18.0 Å². The number of halogens is 3. The summed E-state index contributed by atoms with van der Waals surface area (Å²) in [6, 6.07) is 4.58. The first-order chi connectivity index (χ1) is 12.9. The van der Waals surface area contributed by atoms with Gasteiger partial charge in [-0.25, -0.2) is 9.97 Å². The molecule has 2 aromatic heterocycles. The standard InChI is InChI=1S/C18H15F3N4O2/c19-18(20,21)12-3-1-11(2-4-12)16-23-14-5-7-25(9-13(14)17(26)24-16)10-15-22-6-8-27-15/h1-4,6,8H,5,7,9-10H2,(H,23,24,26). The van der Waals surface area contributed by atoms with E-state index in [1.165, 1.54) is 18.4 Å². The number of alkyl halides is 3. The van der Waals surface area contributed by atoms with Crippen molar-refractivity contribution in [3.05, 3.63) is 69.8 Å². The lowest BCUT2D eigenvalue weighted by Gasteiger charge is -2.26. The summed E-state index contributed by atoms with van der Waals surface area (Å²) in [4.78, 5) is 25.7. The fourth-order valence-electron chi connectivity index (χ4n) is 3.09. The molecule has 6 nitrogen and oxygen atoms in total. The van der Waals surface area contributed by atoms with Crippen LogP contribution in [0.4, 0.5) is 13.2 Å². The number of nitrogens with zero attached hydrogens (tertiary/aromatic N) is 3. The summed E-state index contributed by atoms with van der Waals surface area (Å²) in [5.74, 6) is 0.845. The van der Waals surface area contributed by atoms with Crippen LogP contribution in [-0.2, 0) is 25.7 Å². The van der Waals surface area contributed by atoms with Crippen LogP contribution in [0.3, 0.4) is 0 Å². The van der Waals surface area contributed by atoms with E-state index < -0.39 is 11.7 Å². The molecule has 0 amide bonds. The maximum atomic E-state index is 12.7. The van der Waals surface area contributed by atoms with Crippen LogP contribution < -0.4 is 5.56 Å². The average molecular weight is 376 g/mol. The summed E-state index contributed by atoms with van der Waals surface area (Å²) in [7, 11) is 0. The van der Waals surface area contributed by atoms with Gasteiger partial charge in [0.1, 0.15) is 12.1 Å². The first kappa shape index (κ1) is 17.5. The van der Waals surface area contributed by atoms with Crippen LogP contribution in [0, 0.1) is 0 Å². The van der Waals surface area contributed by atoms with E-state index >= 15 is 0 Å². The number of nitrogens with one attached hydrogen (secondary N) is 1. The molecule has 0 saturated carbocycles. The van der Waals surface area contributed by atoms with Crippen molar-refractivity contribution >= 4 is 0 Å². The van der Waals surface area contributed by atoms with Crippen LogP contribution in [0.15, 0.2) is 45.9 Å². The maximum absolute atomic E-state index is 12.7. The Kier molecular flexibility index (Phi) is 4.31. The third-order valence-electron chi connectivity index (χ3n) is 4.48. The largest absolute Gasteiger partial charge is 0.448 e. The molecular weight excluding hydrogens is 361 g/mol. The number of aromatic amines is 1. The molecule has 3 aromatic rings. The lowest BCUT2D eigenvalue weighted by atomic mass is 10.1. The van der Waals surface area contributed by atoms with E-state index in [-0.39, 0.29) is 11.4 Å². The monoisotopic (exact) mass is 376 g/mol. The zero-order chi connectivity index (χ0) is 19.0. The highest BCUT2D eigenvalue weighted by Gasteiger charge is 2.30. The van der Waals surface area contributed by atoms with Crippen LogP contribution in [-0.4, -0.2) is 26.4 Å². The molecule has 1 N–H and O–H groups in total. The predicted molar refractivity (Wildman–Crippen MR) is 89.6 cm³/mol. The van der Waals surface area contributed by atoms with Gasteiger partial charge in [0.05, 0.1) is 29.6 Å². The molecule has 0 bridgehead atoms. The van der Waals surface area contributed by atoms with Gasteiger partial charge in [0.15, 0.2) is 0 Å². The third kappa shape index (κ3) is 3.63. The van der Waals surface area contributed by atoms with Crippen molar-refractivity contribution in [3.8, 4) is 11.4 Å². The van der Waals surface area contributed by atoms with Crippen LogP contribution >= 0.6 is 0 Å². The lowest BCUT2D eigenvalue weighted by molar-refractivity contribution is -0.137. The van der Waals surface area contributed by atoms with E-state index in [1.807, 2.05) is 4.90 Å². The summed E-state index contributed by atoms with van der Waals surface area (Å²) in [6.07, 6.45) is -0.773. The van der Waals surface area contributed by atoms with E-state index in [0.717, 1.165) is 12.1 Å². The fraction of sp³-hybridized carbons (Fsp3) is 0.278. The van der Waals surface area contributed by atoms with E-state index in [4.69, 9.17) is 4.42 Å². The normalized spacial score (nSPS) is 14.9. The topological polar surface area (TPSA) is 75.0 Å². The van der Waals surface area contributed by atoms with Crippen LogP contribution in [0.5, 0.6) is 0 Å². The van der Waals surface area contributed by atoms with Crippen molar-refractivity contribution in [2.45, 2.75) is 25.7 Å². The lowest BCUT2D eigenvalue weighted by Crippen LogP contribution is -2.35. The predicted octanol–water partition coefficient (Wildman–Crippen LogP) is 3.00. The van der Waals surface area contributed by atoms with Gasteiger partial charge in [-0.3, -0.25) is 9.69 Å². The highest BCUT2D eigenvalue weighted by molar-refractivity contribution is 5.56. The SMILES string of the molecule is O=c1[nH]c(-c2ccc(C(F)(F)F)cc2)nc2c1CN(Cc1ncco1)CC2. The zero-order valence-electron chi connectivity index (χ0n) is 14.1. The quantitative estimate of drug-likeness (QED) is 0.761. The zero-order valence-corrected chi connectivity index (χ0v) is 14.1. The molecule has 0 spiro atoms. The number of H-pyrrole nitrogens is 1. The summed E-state index contributed by atoms with van der Waals surface area (Å²) in [6.45, 7) is 1.58. The van der Waals surface area contributed by atoms with Gasteiger partial charge < -0.3 is 9.40 Å². The van der Waals surface area contributed by atoms with Crippen molar-refractivity contribution in [2.75, 3.05) is 6.54 Å². The first-order valence-corrected chi connectivity index (χ1v) is 8.30. The number of hydrogen-bond donors (Lipinski definition) is 1.